The summed E-state index contributed by atoms with van der Waals surface area (Å²) in [5.41, 5.74) is 18.3. The number of thiol groups is 1. The number of hydrogen-bond donors (Lipinski definition) is 14. The fourth-order valence-electron chi connectivity index (χ4n) is 7.35. The zero-order valence-electron chi connectivity index (χ0n) is 40.7. The Bertz CT molecular complexity index is 2310. The molecule has 24 nitrogen and oxygen atoms in total. The van der Waals surface area contributed by atoms with Gasteiger partial charge < -0.3 is 69.6 Å². The number of aromatic nitrogens is 2. The summed E-state index contributed by atoms with van der Waals surface area (Å²) in [4.78, 5) is 139. The zero-order chi connectivity index (χ0) is 54.0. The number of carboxylic acid groups (broad SMARTS) is 2. The highest BCUT2D eigenvalue weighted by Gasteiger charge is 2.35. The predicted octanol–water partition coefficient (Wildman–Crippen LogP) is -1.91. The van der Waals surface area contributed by atoms with Crippen molar-refractivity contribution in [2.45, 2.75) is 126 Å². The van der Waals surface area contributed by atoms with E-state index in [0.29, 0.717) is 29.7 Å². The van der Waals surface area contributed by atoms with Gasteiger partial charge in [0.15, 0.2) is 0 Å². The first kappa shape index (κ1) is 59.9. The Kier molecular flexibility index (Phi) is 25.6. The summed E-state index contributed by atoms with van der Waals surface area (Å²) in [6.45, 7) is 3.76. The first-order chi connectivity index (χ1) is 34.7. The smallest absolute Gasteiger partial charge is 0.327 e. The normalized spacial score (nSPS) is 14.3. The van der Waals surface area contributed by atoms with Gasteiger partial charge in [0.2, 0.25) is 47.3 Å². The molecule has 0 aliphatic rings. The van der Waals surface area contributed by atoms with Crippen LogP contribution in [0.4, 0.5) is 0 Å². The van der Waals surface area contributed by atoms with Gasteiger partial charge in [-0.05, 0) is 55.7 Å². The van der Waals surface area contributed by atoms with E-state index >= 15 is 0 Å². The van der Waals surface area contributed by atoms with Crippen molar-refractivity contribution in [3.63, 3.8) is 0 Å². The van der Waals surface area contributed by atoms with Gasteiger partial charge in [-0.15, -0.1) is 0 Å². The van der Waals surface area contributed by atoms with Crippen LogP contribution in [0.5, 0.6) is 0 Å². The van der Waals surface area contributed by atoms with E-state index in [1.807, 2.05) is 0 Å². The molecule has 73 heavy (non-hydrogen) atoms. The SMILES string of the molecule is CC(C)C[C@H](NC(=O)[C@H](CCC(=O)O)NC(=O)[C@@H](N)CC(N)=O)C(=O)N[C@@H](Cc1ccccc1)C(=O)N[C@@H](CCCCN)C(=O)N[C@@H](Cc1cnc[nH]1)C(=O)N[C@@H](Cc1ccccc1)C(=O)N[C@@H](CS)C(=O)O. The average molecular weight is 1040 g/mol. The van der Waals surface area contributed by atoms with Crippen LogP contribution in [0.25, 0.3) is 0 Å². The maximum atomic E-state index is 14.5. The van der Waals surface area contributed by atoms with Crippen molar-refractivity contribution in [2.24, 2.45) is 23.1 Å². The number of H-pyrrole nitrogens is 1. The van der Waals surface area contributed by atoms with Crippen molar-refractivity contribution in [3.8, 4) is 0 Å². The van der Waals surface area contributed by atoms with Crippen LogP contribution in [0.2, 0.25) is 0 Å². The molecule has 25 heteroatoms. The maximum absolute atomic E-state index is 14.5. The molecule has 0 saturated heterocycles. The number of nitrogens with one attached hydrogen (secondary N) is 8. The topological polar surface area (TPSA) is 402 Å². The number of primary amides is 1. The molecule has 0 bridgehead atoms. The van der Waals surface area contributed by atoms with E-state index in [1.165, 1.54) is 12.5 Å². The van der Waals surface area contributed by atoms with E-state index in [-0.39, 0.29) is 50.3 Å². The van der Waals surface area contributed by atoms with Gasteiger partial charge in [0.25, 0.3) is 0 Å². The highest BCUT2D eigenvalue weighted by Crippen LogP contribution is 2.13. The number of benzene rings is 2. The van der Waals surface area contributed by atoms with E-state index in [1.54, 1.807) is 74.5 Å². The summed E-state index contributed by atoms with van der Waals surface area (Å²) in [5.74, 6) is -10.1. The van der Waals surface area contributed by atoms with Gasteiger partial charge in [-0.2, -0.15) is 12.6 Å². The van der Waals surface area contributed by atoms with Crippen LogP contribution >= 0.6 is 12.6 Å². The third kappa shape index (κ3) is 21.9. The number of amides is 8. The van der Waals surface area contributed by atoms with Gasteiger partial charge in [-0.25, -0.2) is 9.78 Å². The van der Waals surface area contributed by atoms with Crippen LogP contribution in [-0.4, -0.2) is 140 Å². The van der Waals surface area contributed by atoms with Crippen molar-refractivity contribution in [3.05, 3.63) is 90.0 Å². The number of imidazole rings is 1. The minimum Gasteiger partial charge on any atom is -0.481 e. The second-order valence-corrected chi connectivity index (χ2v) is 18.1. The first-order valence-electron chi connectivity index (χ1n) is 23.7. The number of nitrogens with zero attached hydrogens (tertiary/aromatic N) is 1. The second kappa shape index (κ2) is 31.2. The number of aromatic amines is 1. The molecule has 16 N–H and O–H groups in total. The molecule has 0 saturated carbocycles. The van der Waals surface area contributed by atoms with Crippen molar-refractivity contribution in [1.82, 2.24) is 47.2 Å². The molecule has 398 valence electrons. The molecule has 1 aromatic heterocycles. The average Bonchev–Trinajstić information content (AvgIpc) is 3.86. The Labute approximate surface area is 427 Å². The Morgan fingerprint density at radius 2 is 1.04 bits per heavy atom. The lowest BCUT2D eigenvalue weighted by Crippen LogP contribution is -2.61. The summed E-state index contributed by atoms with van der Waals surface area (Å²) >= 11 is 4.03. The molecule has 0 aliphatic heterocycles. The Morgan fingerprint density at radius 1 is 0.603 bits per heavy atom. The van der Waals surface area contributed by atoms with E-state index in [4.69, 9.17) is 17.2 Å². The summed E-state index contributed by atoms with van der Waals surface area (Å²) in [5, 5.41) is 37.1. The predicted molar refractivity (Wildman–Crippen MR) is 269 cm³/mol. The highest BCUT2D eigenvalue weighted by atomic mass is 32.1. The van der Waals surface area contributed by atoms with Gasteiger partial charge in [-0.1, -0.05) is 74.5 Å². The van der Waals surface area contributed by atoms with Gasteiger partial charge in [0, 0.05) is 43.3 Å². The minimum atomic E-state index is -1.52. The number of carboxylic acids is 2. The van der Waals surface area contributed by atoms with Gasteiger partial charge in [-0.3, -0.25) is 43.2 Å². The molecule has 0 radical (unpaired) electrons. The van der Waals surface area contributed by atoms with Crippen LogP contribution in [0.15, 0.2) is 73.2 Å². The van der Waals surface area contributed by atoms with Crippen molar-refractivity contribution < 1.29 is 58.2 Å². The standard InChI is InChI=1S/C48H68N12O12S/c1-27(2)19-34(56-43(66)33(16-17-40(62)63)54-41(64)31(50)23-39(51)61)44(67)57-35(20-28-11-5-3-6-12-28)45(68)55-32(15-9-10-18-49)42(65)59-37(22-30-24-52-26-53-30)47(70)58-36(21-29-13-7-4-8-14-29)46(69)60-38(25-73)48(71)72/h3-8,11-14,24,26-27,31-38,73H,9-10,15-23,25,49-50H2,1-2H3,(H2,51,61)(H,52,53)(H,54,64)(H,55,68)(H,56,66)(H,57,67)(H,58,70)(H,59,65)(H,60,69)(H,62,63)(H,71,72)/t31-,32-,33-,34-,35-,36-,37-,38-/m0/s1. The molecule has 0 spiro atoms. The molecule has 0 aliphatic carbocycles. The maximum Gasteiger partial charge on any atom is 0.327 e. The number of hydrogen-bond acceptors (Lipinski definition) is 14. The molecule has 2 aromatic carbocycles. The lowest BCUT2D eigenvalue weighted by molar-refractivity contribution is -0.141. The third-order valence-corrected chi connectivity index (χ3v) is 11.6. The number of carbonyl (C=O) groups excluding carboxylic acids is 8. The summed E-state index contributed by atoms with van der Waals surface area (Å²) in [6, 6.07) is 5.99. The summed E-state index contributed by atoms with van der Waals surface area (Å²) < 4.78 is 0. The molecular formula is C48H68N12O12S. The largest absolute Gasteiger partial charge is 0.481 e. The van der Waals surface area contributed by atoms with Gasteiger partial charge in [0.05, 0.1) is 18.8 Å². The van der Waals surface area contributed by atoms with Gasteiger partial charge >= 0.3 is 11.9 Å². The minimum absolute atomic E-state index is 0.00510. The highest BCUT2D eigenvalue weighted by molar-refractivity contribution is 7.80. The van der Waals surface area contributed by atoms with Crippen LogP contribution in [0, 0.1) is 5.92 Å². The van der Waals surface area contributed by atoms with Crippen LogP contribution in [0.1, 0.15) is 75.6 Å². The third-order valence-electron chi connectivity index (χ3n) is 11.2. The van der Waals surface area contributed by atoms with Crippen molar-refractivity contribution >= 4 is 71.8 Å². The fourth-order valence-corrected chi connectivity index (χ4v) is 7.60. The summed E-state index contributed by atoms with van der Waals surface area (Å²) in [7, 11) is 0. The molecular weight excluding hydrogens is 969 g/mol. The Hall–Kier alpha value is -7.38. The van der Waals surface area contributed by atoms with Crippen molar-refractivity contribution in [1.29, 1.82) is 0 Å². The van der Waals surface area contributed by atoms with Crippen LogP contribution < -0.4 is 54.4 Å². The van der Waals surface area contributed by atoms with E-state index in [9.17, 15) is 58.2 Å². The Balaban J connectivity index is 1.96. The molecule has 1 heterocycles. The van der Waals surface area contributed by atoms with Crippen molar-refractivity contribution in [2.75, 3.05) is 12.3 Å². The lowest BCUT2D eigenvalue weighted by Gasteiger charge is -2.28. The quantitative estimate of drug-likeness (QED) is 0.0234. The van der Waals surface area contributed by atoms with E-state index < -0.39 is 127 Å². The zero-order valence-corrected chi connectivity index (χ0v) is 41.6. The number of carbonyl (C=O) groups is 10. The summed E-state index contributed by atoms with van der Waals surface area (Å²) in [6.07, 6.45) is 1.64. The first-order valence-corrected chi connectivity index (χ1v) is 24.3. The number of aliphatic carboxylic acids is 2. The molecule has 0 unspecified atom stereocenters. The van der Waals surface area contributed by atoms with E-state index in [0.717, 1.165) is 0 Å². The lowest BCUT2D eigenvalue weighted by atomic mass is 9.99. The molecule has 8 amide bonds. The molecule has 3 aromatic rings. The Morgan fingerprint density at radius 3 is 1.48 bits per heavy atom. The van der Waals surface area contributed by atoms with Crippen LogP contribution in [0.3, 0.4) is 0 Å². The molecule has 8 atom stereocenters. The number of unbranched alkanes of at least 4 members (excludes halogenated alkanes) is 1. The second-order valence-electron chi connectivity index (χ2n) is 17.7. The van der Waals surface area contributed by atoms with Crippen LogP contribution in [-0.2, 0) is 67.2 Å². The number of nitrogens with two attached hydrogens (primary N) is 3. The molecule has 0 fully saturated rings. The number of rotatable bonds is 33. The monoisotopic (exact) mass is 1040 g/mol. The van der Waals surface area contributed by atoms with E-state index in [2.05, 4.69) is 59.8 Å². The molecule has 3 rings (SSSR count). The fraction of sp³-hybridized carbons (Fsp3) is 0.479. The van der Waals surface area contributed by atoms with Gasteiger partial charge in [0.1, 0.15) is 42.3 Å².